The van der Waals surface area contributed by atoms with Crippen LogP contribution in [-0.4, -0.2) is 11.1 Å². The molecule has 0 saturated heterocycles. The van der Waals surface area contributed by atoms with Gasteiger partial charge in [0.05, 0.1) is 0 Å². The number of hydrogen-bond acceptors (Lipinski definition) is 3. The van der Waals surface area contributed by atoms with Crippen molar-refractivity contribution >= 4 is 11.6 Å². The molecule has 1 amide bonds. The number of rotatable bonds is 4. The van der Waals surface area contributed by atoms with Gasteiger partial charge in [0.1, 0.15) is 22.8 Å². The number of amides is 1. The van der Waals surface area contributed by atoms with Crippen LogP contribution in [0.4, 0.5) is 10.1 Å². The molecular weight excluding hydrogens is 319 g/mol. The van der Waals surface area contributed by atoms with Crippen molar-refractivity contribution in [2.45, 2.75) is 26.7 Å². The van der Waals surface area contributed by atoms with Gasteiger partial charge in [-0.05, 0) is 54.8 Å². The normalized spacial score (nSPS) is 10.9. The molecular formula is C20H19FN2O2. The molecule has 25 heavy (non-hydrogen) atoms. The van der Waals surface area contributed by atoms with Gasteiger partial charge in [-0.25, -0.2) is 4.39 Å². The lowest BCUT2D eigenvalue weighted by Gasteiger charge is -2.09. The van der Waals surface area contributed by atoms with Crippen LogP contribution in [0.3, 0.4) is 0 Å². The molecule has 1 heterocycles. The quantitative estimate of drug-likeness (QED) is 0.714. The third kappa shape index (κ3) is 3.60. The summed E-state index contributed by atoms with van der Waals surface area (Å²) in [5.74, 6) is 0.182. The molecule has 0 atom stereocenters. The first-order chi connectivity index (χ1) is 12.0. The second-order valence-electron chi connectivity index (χ2n) is 6.20. The zero-order chi connectivity index (χ0) is 18.0. The largest absolute Gasteiger partial charge is 0.360 e. The Bertz CT molecular complexity index is 881. The van der Waals surface area contributed by atoms with Crippen LogP contribution in [0.2, 0.25) is 0 Å². The second-order valence-corrected chi connectivity index (χ2v) is 6.20. The number of hydrogen-bond donors (Lipinski definition) is 1. The predicted octanol–water partition coefficient (Wildman–Crippen LogP) is 5.16. The Balaban J connectivity index is 1.87. The lowest BCUT2D eigenvalue weighted by atomic mass is 10.0. The Hall–Kier alpha value is -2.95. The highest BCUT2D eigenvalue weighted by Gasteiger charge is 2.21. The summed E-state index contributed by atoms with van der Waals surface area (Å²) in [5.41, 5.74) is 3.26. The highest BCUT2D eigenvalue weighted by atomic mass is 19.1. The van der Waals surface area contributed by atoms with E-state index in [4.69, 9.17) is 4.52 Å². The van der Waals surface area contributed by atoms with Crippen molar-refractivity contribution in [2.75, 3.05) is 5.32 Å². The van der Waals surface area contributed by atoms with Gasteiger partial charge in [0.25, 0.3) is 5.91 Å². The molecule has 0 unspecified atom stereocenters. The number of halogens is 1. The van der Waals surface area contributed by atoms with E-state index in [-0.39, 0.29) is 11.7 Å². The van der Waals surface area contributed by atoms with Crippen molar-refractivity contribution < 1.29 is 13.7 Å². The maximum Gasteiger partial charge on any atom is 0.261 e. The van der Waals surface area contributed by atoms with Crippen LogP contribution < -0.4 is 5.32 Å². The number of carbonyl (C=O) groups excluding carboxylic acids is 1. The van der Waals surface area contributed by atoms with Gasteiger partial charge < -0.3 is 9.84 Å². The number of nitrogens with one attached hydrogen (secondary N) is 1. The molecule has 0 spiro atoms. The van der Waals surface area contributed by atoms with E-state index < -0.39 is 0 Å². The van der Waals surface area contributed by atoms with Gasteiger partial charge >= 0.3 is 0 Å². The number of aromatic nitrogens is 1. The summed E-state index contributed by atoms with van der Waals surface area (Å²) in [7, 11) is 0. The molecule has 0 aliphatic carbocycles. The summed E-state index contributed by atoms with van der Waals surface area (Å²) in [6, 6.07) is 13.5. The van der Waals surface area contributed by atoms with E-state index in [1.54, 1.807) is 19.1 Å². The molecule has 0 fully saturated rings. The number of carbonyl (C=O) groups is 1. The van der Waals surface area contributed by atoms with E-state index in [1.165, 1.54) is 17.7 Å². The number of aryl methyl sites for hydroxylation is 1. The molecule has 0 radical (unpaired) electrons. The number of nitrogens with zero attached hydrogens (tertiary/aromatic N) is 1. The fraction of sp³-hybridized carbons (Fsp3) is 0.200. The van der Waals surface area contributed by atoms with Crippen LogP contribution in [0.1, 0.15) is 41.4 Å². The maximum atomic E-state index is 13.1. The minimum atomic E-state index is -0.347. The molecule has 0 saturated carbocycles. The van der Waals surface area contributed by atoms with E-state index in [0.717, 1.165) is 0 Å². The van der Waals surface area contributed by atoms with Gasteiger partial charge in [-0.15, -0.1) is 0 Å². The van der Waals surface area contributed by atoms with Gasteiger partial charge in [-0.2, -0.15) is 0 Å². The van der Waals surface area contributed by atoms with Crippen LogP contribution in [0.15, 0.2) is 53.1 Å². The van der Waals surface area contributed by atoms with E-state index in [2.05, 4.69) is 24.3 Å². The van der Waals surface area contributed by atoms with E-state index >= 15 is 0 Å². The first-order valence-corrected chi connectivity index (χ1v) is 8.09. The zero-order valence-corrected chi connectivity index (χ0v) is 14.3. The molecule has 0 bridgehead atoms. The van der Waals surface area contributed by atoms with Gasteiger partial charge in [0.15, 0.2) is 0 Å². The Morgan fingerprint density at radius 1 is 1.08 bits per heavy atom. The standard InChI is InChI=1S/C20H19FN2O2/c1-12(2)14-6-10-17(11-7-14)22-20(24)18-13(3)25-23-19(18)15-4-8-16(21)9-5-15/h4-12H,1-3H3,(H,22,24). The molecule has 1 N–H and O–H groups in total. The molecule has 0 aliphatic heterocycles. The van der Waals surface area contributed by atoms with Crippen LogP contribution >= 0.6 is 0 Å². The monoisotopic (exact) mass is 338 g/mol. The van der Waals surface area contributed by atoms with Crippen molar-refractivity contribution in [1.29, 1.82) is 0 Å². The predicted molar refractivity (Wildman–Crippen MR) is 95.1 cm³/mol. The molecule has 3 rings (SSSR count). The summed E-state index contributed by atoms with van der Waals surface area (Å²) >= 11 is 0. The van der Waals surface area contributed by atoms with Gasteiger partial charge in [-0.3, -0.25) is 4.79 Å². The molecule has 3 aromatic rings. The molecule has 128 valence electrons. The topological polar surface area (TPSA) is 55.1 Å². The van der Waals surface area contributed by atoms with E-state index in [1.807, 2.05) is 24.3 Å². The Kier molecular flexibility index (Phi) is 4.65. The summed E-state index contributed by atoms with van der Waals surface area (Å²) in [6.45, 7) is 5.91. The fourth-order valence-electron chi connectivity index (χ4n) is 2.59. The Morgan fingerprint density at radius 2 is 1.72 bits per heavy atom. The van der Waals surface area contributed by atoms with Crippen molar-refractivity contribution in [1.82, 2.24) is 5.16 Å². The molecule has 0 aliphatic rings. The maximum absolute atomic E-state index is 13.1. The number of anilines is 1. The minimum absolute atomic E-state index is 0.310. The average molecular weight is 338 g/mol. The SMILES string of the molecule is Cc1onc(-c2ccc(F)cc2)c1C(=O)Nc1ccc(C(C)C)cc1. The molecule has 2 aromatic carbocycles. The summed E-state index contributed by atoms with van der Waals surface area (Å²) < 4.78 is 18.3. The van der Waals surface area contributed by atoms with E-state index in [9.17, 15) is 9.18 Å². The third-order valence-corrected chi connectivity index (χ3v) is 4.04. The van der Waals surface area contributed by atoms with Gasteiger partial charge in [0.2, 0.25) is 0 Å². The second kappa shape index (κ2) is 6.89. The number of benzene rings is 2. The zero-order valence-electron chi connectivity index (χ0n) is 14.3. The highest BCUT2D eigenvalue weighted by molar-refractivity contribution is 6.08. The first kappa shape index (κ1) is 16.9. The van der Waals surface area contributed by atoms with Crippen LogP contribution in [0.5, 0.6) is 0 Å². The Labute approximate surface area is 145 Å². The molecule has 4 nitrogen and oxygen atoms in total. The van der Waals surface area contributed by atoms with Crippen molar-refractivity contribution in [3.8, 4) is 11.3 Å². The highest BCUT2D eigenvalue weighted by Crippen LogP contribution is 2.26. The van der Waals surface area contributed by atoms with Crippen LogP contribution in [-0.2, 0) is 0 Å². The van der Waals surface area contributed by atoms with Crippen molar-refractivity contribution in [2.24, 2.45) is 0 Å². The third-order valence-electron chi connectivity index (χ3n) is 4.04. The Morgan fingerprint density at radius 3 is 2.32 bits per heavy atom. The van der Waals surface area contributed by atoms with Crippen LogP contribution in [0.25, 0.3) is 11.3 Å². The van der Waals surface area contributed by atoms with E-state index in [0.29, 0.717) is 34.2 Å². The van der Waals surface area contributed by atoms with Gasteiger partial charge in [-0.1, -0.05) is 31.1 Å². The average Bonchev–Trinajstić information content (AvgIpc) is 2.97. The first-order valence-electron chi connectivity index (χ1n) is 8.09. The smallest absolute Gasteiger partial charge is 0.261 e. The minimum Gasteiger partial charge on any atom is -0.360 e. The molecule has 5 heteroatoms. The van der Waals surface area contributed by atoms with Gasteiger partial charge in [0, 0.05) is 11.3 Å². The summed E-state index contributed by atoms with van der Waals surface area (Å²) in [5, 5.41) is 6.82. The fourth-order valence-corrected chi connectivity index (χ4v) is 2.59. The lowest BCUT2D eigenvalue weighted by Crippen LogP contribution is -2.13. The lowest BCUT2D eigenvalue weighted by molar-refractivity contribution is 0.102. The van der Waals surface area contributed by atoms with Crippen molar-refractivity contribution in [3.63, 3.8) is 0 Å². The van der Waals surface area contributed by atoms with Crippen LogP contribution in [0, 0.1) is 12.7 Å². The summed E-state index contributed by atoms with van der Waals surface area (Å²) in [4.78, 5) is 12.7. The summed E-state index contributed by atoms with van der Waals surface area (Å²) in [6.07, 6.45) is 0. The molecule has 1 aromatic heterocycles. The van der Waals surface area contributed by atoms with Crippen molar-refractivity contribution in [3.05, 3.63) is 71.2 Å².